The van der Waals surface area contributed by atoms with E-state index in [9.17, 15) is 9.90 Å². The van der Waals surface area contributed by atoms with Crippen LogP contribution in [0.15, 0.2) is 28.7 Å². The van der Waals surface area contributed by atoms with Crippen molar-refractivity contribution in [3.8, 4) is 5.75 Å². The number of rotatable bonds is 6. The Morgan fingerprint density at radius 2 is 2.23 bits per heavy atom. The van der Waals surface area contributed by atoms with E-state index in [-0.39, 0.29) is 18.0 Å². The van der Waals surface area contributed by atoms with Gasteiger partial charge in [-0.1, -0.05) is 40.3 Å². The lowest BCUT2D eigenvalue weighted by Gasteiger charge is -2.25. The van der Waals surface area contributed by atoms with Crippen LogP contribution in [0, 0.1) is 0 Å². The Labute approximate surface area is 164 Å². The molecule has 0 saturated carbocycles. The SMILES string of the molecule is CCC(C)(COc1cccc(Br)c1)c1nnc(N2C(=O)N(C)CC2O)s1. The molecule has 1 aromatic heterocycles. The molecule has 3 rings (SSSR count). The van der Waals surface area contributed by atoms with Crippen LogP contribution >= 0.6 is 27.3 Å². The van der Waals surface area contributed by atoms with Crippen LogP contribution in [-0.2, 0) is 5.41 Å². The third kappa shape index (κ3) is 3.70. The lowest BCUT2D eigenvalue weighted by molar-refractivity contribution is 0.183. The lowest BCUT2D eigenvalue weighted by atomic mass is 9.89. The van der Waals surface area contributed by atoms with Crippen LogP contribution in [0.5, 0.6) is 5.75 Å². The Morgan fingerprint density at radius 1 is 1.46 bits per heavy atom. The molecule has 1 aromatic carbocycles. The van der Waals surface area contributed by atoms with E-state index in [1.54, 1.807) is 7.05 Å². The minimum atomic E-state index is -0.904. The molecule has 0 spiro atoms. The third-order valence-corrected chi connectivity index (χ3v) is 6.26. The molecule has 26 heavy (non-hydrogen) atoms. The number of carbonyl (C=O) groups excluding carboxylic acids is 1. The molecule has 0 aliphatic carbocycles. The zero-order chi connectivity index (χ0) is 18.9. The molecule has 0 bridgehead atoms. The number of aliphatic hydroxyl groups excluding tert-OH is 1. The molecule has 2 amide bonds. The minimum Gasteiger partial charge on any atom is -0.493 e. The van der Waals surface area contributed by atoms with Crippen molar-refractivity contribution in [2.75, 3.05) is 25.1 Å². The summed E-state index contributed by atoms with van der Waals surface area (Å²) >= 11 is 4.75. The van der Waals surface area contributed by atoms with Crippen molar-refractivity contribution in [1.29, 1.82) is 0 Å². The summed E-state index contributed by atoms with van der Waals surface area (Å²) in [5.74, 6) is 0.774. The first-order valence-electron chi connectivity index (χ1n) is 8.29. The number of aliphatic hydroxyl groups is 1. The number of aromatic nitrogens is 2. The largest absolute Gasteiger partial charge is 0.493 e. The van der Waals surface area contributed by atoms with Crippen LogP contribution in [-0.4, -0.2) is 52.7 Å². The van der Waals surface area contributed by atoms with Crippen LogP contribution in [0.2, 0.25) is 0 Å². The topological polar surface area (TPSA) is 78.8 Å². The van der Waals surface area contributed by atoms with E-state index >= 15 is 0 Å². The highest BCUT2D eigenvalue weighted by Crippen LogP contribution is 2.35. The van der Waals surface area contributed by atoms with Crippen LogP contribution in [0.4, 0.5) is 9.93 Å². The van der Waals surface area contributed by atoms with Gasteiger partial charge in [-0.25, -0.2) is 9.69 Å². The van der Waals surface area contributed by atoms with Gasteiger partial charge in [-0.3, -0.25) is 0 Å². The van der Waals surface area contributed by atoms with Gasteiger partial charge < -0.3 is 14.7 Å². The first-order valence-corrected chi connectivity index (χ1v) is 9.90. The Bertz CT molecular complexity index is 802. The highest BCUT2D eigenvalue weighted by molar-refractivity contribution is 9.10. The second-order valence-electron chi connectivity index (χ2n) is 6.56. The third-order valence-electron chi connectivity index (χ3n) is 4.54. The molecule has 2 atom stereocenters. The monoisotopic (exact) mass is 440 g/mol. The number of carbonyl (C=O) groups is 1. The van der Waals surface area contributed by atoms with Crippen molar-refractivity contribution >= 4 is 38.4 Å². The van der Waals surface area contributed by atoms with Gasteiger partial charge in [-0.2, -0.15) is 0 Å². The maximum atomic E-state index is 12.2. The Morgan fingerprint density at radius 3 is 2.85 bits per heavy atom. The number of hydrogen-bond acceptors (Lipinski definition) is 6. The number of urea groups is 1. The van der Waals surface area contributed by atoms with Crippen molar-refractivity contribution in [3.05, 3.63) is 33.7 Å². The van der Waals surface area contributed by atoms with E-state index in [0.717, 1.165) is 21.7 Å². The molecule has 1 aliphatic rings. The molecule has 0 radical (unpaired) electrons. The molecule has 1 fully saturated rings. The molecule has 1 saturated heterocycles. The minimum absolute atomic E-state index is 0.255. The van der Waals surface area contributed by atoms with Crippen molar-refractivity contribution in [2.24, 2.45) is 0 Å². The lowest BCUT2D eigenvalue weighted by Crippen LogP contribution is -2.34. The molecule has 9 heteroatoms. The number of β-amino-alcohol motifs (C(OH)–C–C–N with tert-alkyl or cyclic N) is 1. The maximum absolute atomic E-state index is 12.2. The van der Waals surface area contributed by atoms with Crippen molar-refractivity contribution in [2.45, 2.75) is 31.9 Å². The summed E-state index contributed by atoms with van der Waals surface area (Å²) < 4.78 is 6.92. The van der Waals surface area contributed by atoms with Crippen LogP contribution in [0.3, 0.4) is 0 Å². The van der Waals surface area contributed by atoms with E-state index in [1.165, 1.54) is 21.1 Å². The normalized spacial score (nSPS) is 19.7. The van der Waals surface area contributed by atoms with E-state index in [4.69, 9.17) is 4.74 Å². The standard InChI is InChI=1S/C17H21BrN4O3S/c1-4-17(2,10-25-12-7-5-6-11(18)8-12)14-19-20-15(26-14)22-13(23)9-21(3)16(22)24/h5-8,13,23H,4,9-10H2,1-3H3. The van der Waals surface area contributed by atoms with Gasteiger partial charge in [-0.05, 0) is 31.5 Å². The molecule has 2 heterocycles. The van der Waals surface area contributed by atoms with Crippen molar-refractivity contribution in [3.63, 3.8) is 0 Å². The van der Waals surface area contributed by atoms with Gasteiger partial charge in [0.1, 0.15) is 10.8 Å². The summed E-state index contributed by atoms with van der Waals surface area (Å²) in [5.41, 5.74) is -0.349. The first-order chi connectivity index (χ1) is 12.3. The average Bonchev–Trinajstić information content (AvgIpc) is 3.18. The second kappa shape index (κ2) is 7.50. The molecular weight excluding hydrogens is 420 g/mol. The molecule has 140 valence electrons. The van der Waals surface area contributed by atoms with E-state index in [1.807, 2.05) is 24.3 Å². The summed E-state index contributed by atoms with van der Waals surface area (Å²) in [7, 11) is 1.65. The van der Waals surface area contributed by atoms with Gasteiger partial charge >= 0.3 is 6.03 Å². The highest BCUT2D eigenvalue weighted by Gasteiger charge is 2.39. The summed E-state index contributed by atoms with van der Waals surface area (Å²) in [6, 6.07) is 7.41. The number of anilines is 1. The van der Waals surface area contributed by atoms with Gasteiger partial charge in [0.25, 0.3) is 0 Å². The number of benzene rings is 1. The Hall–Kier alpha value is -1.71. The van der Waals surface area contributed by atoms with Gasteiger partial charge in [0.2, 0.25) is 5.13 Å². The fraction of sp³-hybridized carbons (Fsp3) is 0.471. The smallest absolute Gasteiger partial charge is 0.328 e. The highest BCUT2D eigenvalue weighted by atomic mass is 79.9. The van der Waals surface area contributed by atoms with Crippen LogP contribution in [0.1, 0.15) is 25.3 Å². The number of amides is 2. The Balaban J connectivity index is 1.78. The van der Waals surface area contributed by atoms with E-state index in [2.05, 4.69) is 40.0 Å². The van der Waals surface area contributed by atoms with Crippen molar-refractivity contribution in [1.82, 2.24) is 15.1 Å². The average molecular weight is 441 g/mol. The van der Waals surface area contributed by atoms with Gasteiger partial charge in [0.15, 0.2) is 6.23 Å². The number of ether oxygens (including phenoxy) is 1. The number of likely N-dealkylation sites (N-methyl/N-ethyl adjacent to an activating group) is 1. The zero-order valence-electron chi connectivity index (χ0n) is 14.8. The predicted molar refractivity (Wildman–Crippen MR) is 104 cm³/mol. The number of hydrogen-bond donors (Lipinski definition) is 1. The fourth-order valence-electron chi connectivity index (χ4n) is 2.60. The van der Waals surface area contributed by atoms with Gasteiger partial charge in [-0.15, -0.1) is 10.2 Å². The molecule has 2 unspecified atom stereocenters. The van der Waals surface area contributed by atoms with Gasteiger partial charge in [0.05, 0.1) is 18.6 Å². The van der Waals surface area contributed by atoms with Crippen LogP contribution < -0.4 is 9.64 Å². The summed E-state index contributed by atoms with van der Waals surface area (Å²) in [5, 5.41) is 19.7. The molecule has 1 aliphatic heterocycles. The molecule has 1 N–H and O–H groups in total. The predicted octanol–water partition coefficient (Wildman–Crippen LogP) is 3.24. The second-order valence-corrected chi connectivity index (χ2v) is 8.44. The van der Waals surface area contributed by atoms with Crippen LogP contribution in [0.25, 0.3) is 0 Å². The quantitative estimate of drug-likeness (QED) is 0.745. The first kappa shape index (κ1) is 19.1. The summed E-state index contributed by atoms with van der Waals surface area (Å²) in [6.45, 7) is 4.81. The summed E-state index contributed by atoms with van der Waals surface area (Å²) in [4.78, 5) is 14.9. The van der Waals surface area contributed by atoms with Crippen molar-refractivity contribution < 1.29 is 14.6 Å². The van der Waals surface area contributed by atoms with Gasteiger partial charge in [0, 0.05) is 11.5 Å². The molecule has 7 nitrogen and oxygen atoms in total. The number of nitrogens with zero attached hydrogens (tertiary/aromatic N) is 4. The van der Waals surface area contributed by atoms with E-state index in [0.29, 0.717) is 11.7 Å². The Kier molecular flexibility index (Phi) is 5.50. The summed E-state index contributed by atoms with van der Waals surface area (Å²) in [6.07, 6.45) is -0.106. The maximum Gasteiger partial charge on any atom is 0.328 e. The number of halogens is 1. The molecular formula is C17H21BrN4O3S. The fourth-order valence-corrected chi connectivity index (χ4v) is 4.06. The molecule has 2 aromatic rings. The zero-order valence-corrected chi connectivity index (χ0v) is 17.2. The van der Waals surface area contributed by atoms with E-state index < -0.39 is 6.23 Å².